The highest BCUT2D eigenvalue weighted by atomic mass is 127. The second-order valence-electron chi connectivity index (χ2n) is 2.08. The van der Waals surface area contributed by atoms with E-state index in [1.165, 1.54) is 10.2 Å². The van der Waals surface area contributed by atoms with Crippen LogP contribution in [0.4, 0.5) is 0 Å². The smallest absolute Gasteiger partial charge is 0.0907 e. The summed E-state index contributed by atoms with van der Waals surface area (Å²) in [6.45, 7) is 2.04. The first-order valence-electron chi connectivity index (χ1n) is 2.88. The van der Waals surface area contributed by atoms with Crippen LogP contribution < -0.4 is 0 Å². The van der Waals surface area contributed by atoms with Crippen LogP contribution in [0.2, 0.25) is 0 Å². The van der Waals surface area contributed by atoms with Gasteiger partial charge in [-0.25, -0.2) is 2.90 Å². The fraction of sp³-hybridized carbons (Fsp3) is 0.167. The Morgan fingerprint density at radius 3 is 3.20 bits per heavy atom. The van der Waals surface area contributed by atoms with E-state index in [9.17, 15) is 0 Å². The van der Waals surface area contributed by atoms with Crippen molar-refractivity contribution in [2.75, 3.05) is 0 Å². The molecule has 0 aromatic carbocycles. The van der Waals surface area contributed by atoms with E-state index < -0.39 is 0 Å². The zero-order valence-electron chi connectivity index (χ0n) is 5.34. The van der Waals surface area contributed by atoms with Crippen LogP contribution in [0.15, 0.2) is 11.4 Å². The van der Waals surface area contributed by atoms with Crippen molar-refractivity contribution in [3.63, 3.8) is 0 Å². The molecule has 0 spiro atoms. The summed E-state index contributed by atoms with van der Waals surface area (Å²) < 4.78 is 3.19. The summed E-state index contributed by atoms with van der Waals surface area (Å²) in [4.78, 5) is 0. The fourth-order valence-corrected chi connectivity index (χ4v) is 2.66. The number of rotatable bonds is 0. The summed E-state index contributed by atoms with van der Waals surface area (Å²) in [5.41, 5.74) is 2.35. The van der Waals surface area contributed by atoms with Crippen molar-refractivity contribution in [3.8, 4) is 0 Å². The van der Waals surface area contributed by atoms with Crippen LogP contribution in [0.3, 0.4) is 0 Å². The van der Waals surface area contributed by atoms with Gasteiger partial charge in [0.2, 0.25) is 0 Å². The Morgan fingerprint density at radius 2 is 2.50 bits per heavy atom. The van der Waals surface area contributed by atoms with Gasteiger partial charge in [-0.1, -0.05) is 0 Å². The quantitative estimate of drug-likeness (QED) is 0.669. The van der Waals surface area contributed by atoms with Gasteiger partial charge >= 0.3 is 0 Å². The number of halogens is 1. The van der Waals surface area contributed by atoms with Crippen molar-refractivity contribution in [2.24, 2.45) is 0 Å². The third-order valence-electron chi connectivity index (χ3n) is 1.41. The third kappa shape index (κ3) is 0.784. The Hall–Kier alpha value is -0.100. The largest absolute Gasteiger partial charge is 0.203 e. The number of thiophene rings is 1. The van der Waals surface area contributed by atoms with Crippen LogP contribution in [0.25, 0.3) is 10.2 Å². The summed E-state index contributed by atoms with van der Waals surface area (Å²) in [5, 5.41) is 6.36. The SMILES string of the molecule is Cc1nn(I)c2ccsc12. The van der Waals surface area contributed by atoms with Crippen molar-refractivity contribution < 1.29 is 0 Å². The maximum absolute atomic E-state index is 4.26. The van der Waals surface area contributed by atoms with Crippen molar-refractivity contribution >= 4 is 44.4 Å². The molecule has 0 N–H and O–H groups in total. The average Bonchev–Trinajstić information content (AvgIpc) is 2.39. The lowest BCUT2D eigenvalue weighted by Gasteiger charge is -1.80. The van der Waals surface area contributed by atoms with E-state index in [-0.39, 0.29) is 0 Å². The minimum Gasteiger partial charge on any atom is -0.203 e. The second-order valence-corrected chi connectivity index (χ2v) is 3.91. The molecule has 0 aliphatic carbocycles. The molecule has 0 bridgehead atoms. The molecule has 2 nitrogen and oxygen atoms in total. The van der Waals surface area contributed by atoms with Crippen molar-refractivity contribution in [1.29, 1.82) is 0 Å². The fourth-order valence-electron chi connectivity index (χ4n) is 0.949. The lowest BCUT2D eigenvalue weighted by molar-refractivity contribution is 1.04. The second kappa shape index (κ2) is 2.20. The Labute approximate surface area is 76.3 Å². The number of fused-ring (bicyclic) bond motifs is 1. The molecule has 10 heavy (non-hydrogen) atoms. The van der Waals surface area contributed by atoms with Crippen LogP contribution >= 0.6 is 34.2 Å². The maximum Gasteiger partial charge on any atom is 0.0907 e. The van der Waals surface area contributed by atoms with E-state index in [2.05, 4.69) is 39.4 Å². The number of hydrogen-bond donors (Lipinski definition) is 0. The predicted octanol–water partition coefficient (Wildman–Crippen LogP) is 2.60. The van der Waals surface area contributed by atoms with Gasteiger partial charge in [-0.3, -0.25) is 0 Å². The number of nitrogens with zero attached hydrogens (tertiary/aromatic N) is 2. The molecule has 0 atom stereocenters. The topological polar surface area (TPSA) is 17.8 Å². The monoisotopic (exact) mass is 264 g/mol. The molecule has 2 heterocycles. The predicted molar refractivity (Wildman–Crippen MR) is 51.8 cm³/mol. The first-order valence-corrected chi connectivity index (χ1v) is 4.72. The van der Waals surface area contributed by atoms with Crippen LogP contribution in [0, 0.1) is 6.92 Å². The minimum absolute atomic E-state index is 1.12. The Morgan fingerprint density at radius 1 is 1.70 bits per heavy atom. The summed E-state index contributed by atoms with van der Waals surface area (Å²) in [7, 11) is 0. The Bertz CT molecular complexity index is 331. The van der Waals surface area contributed by atoms with E-state index in [1.807, 2.05) is 9.82 Å². The van der Waals surface area contributed by atoms with Gasteiger partial charge in [-0.15, -0.1) is 11.3 Å². The van der Waals surface area contributed by atoms with Gasteiger partial charge in [0.1, 0.15) is 0 Å². The first kappa shape index (κ1) is 6.60. The zero-order valence-corrected chi connectivity index (χ0v) is 8.31. The van der Waals surface area contributed by atoms with Crippen LogP contribution in [0.1, 0.15) is 5.69 Å². The highest BCUT2D eigenvalue weighted by molar-refractivity contribution is 14.1. The molecule has 2 aromatic heterocycles. The standard InChI is InChI=1S/C6H5IN2S/c1-4-6-5(2-3-10-6)9(7)8-4/h2-3H,1H3. The van der Waals surface area contributed by atoms with Crippen molar-refractivity contribution in [2.45, 2.75) is 6.92 Å². The first-order chi connectivity index (χ1) is 4.79. The van der Waals surface area contributed by atoms with Crippen LogP contribution in [-0.4, -0.2) is 7.99 Å². The Kier molecular flexibility index (Phi) is 1.45. The zero-order chi connectivity index (χ0) is 7.14. The average molecular weight is 264 g/mol. The van der Waals surface area contributed by atoms with E-state index in [1.54, 1.807) is 11.3 Å². The van der Waals surface area contributed by atoms with Gasteiger partial charge in [0.05, 0.1) is 38.8 Å². The molecular weight excluding hydrogens is 259 g/mol. The van der Waals surface area contributed by atoms with Crippen LogP contribution in [0.5, 0.6) is 0 Å². The maximum atomic E-state index is 4.26. The number of hydrogen-bond acceptors (Lipinski definition) is 2. The molecule has 0 aliphatic heterocycles. The summed E-state index contributed by atoms with van der Waals surface area (Å²) >= 11 is 3.93. The van der Waals surface area contributed by atoms with Gasteiger partial charge in [0.25, 0.3) is 0 Å². The van der Waals surface area contributed by atoms with Gasteiger partial charge in [-0.05, 0) is 18.4 Å². The molecule has 4 heteroatoms. The molecule has 0 saturated heterocycles. The Balaban J connectivity index is 2.98. The van der Waals surface area contributed by atoms with Crippen molar-refractivity contribution in [1.82, 2.24) is 7.99 Å². The van der Waals surface area contributed by atoms with Crippen molar-refractivity contribution in [3.05, 3.63) is 17.1 Å². The molecule has 0 saturated carbocycles. The highest BCUT2D eigenvalue weighted by Gasteiger charge is 2.04. The molecule has 0 unspecified atom stereocenters. The lowest BCUT2D eigenvalue weighted by Crippen LogP contribution is -1.78. The van der Waals surface area contributed by atoms with E-state index >= 15 is 0 Å². The molecule has 0 fully saturated rings. The molecule has 0 amide bonds. The molecule has 0 radical (unpaired) electrons. The minimum atomic E-state index is 1.12. The number of aryl methyl sites for hydroxylation is 1. The number of aromatic nitrogens is 2. The molecule has 2 aromatic rings. The van der Waals surface area contributed by atoms with Gasteiger partial charge in [0.15, 0.2) is 0 Å². The summed E-state index contributed by atoms with van der Waals surface area (Å²) in [5.74, 6) is 0. The molecule has 52 valence electrons. The summed E-state index contributed by atoms with van der Waals surface area (Å²) in [6.07, 6.45) is 0. The van der Waals surface area contributed by atoms with E-state index in [0.717, 1.165) is 5.69 Å². The molecule has 0 aliphatic rings. The molecular formula is C6H5IN2S. The van der Waals surface area contributed by atoms with Gasteiger partial charge < -0.3 is 0 Å². The van der Waals surface area contributed by atoms with Gasteiger partial charge in [-0.2, -0.15) is 5.10 Å². The van der Waals surface area contributed by atoms with E-state index in [4.69, 9.17) is 0 Å². The summed E-state index contributed by atoms with van der Waals surface area (Å²) in [6, 6.07) is 2.09. The third-order valence-corrected chi connectivity index (χ3v) is 3.16. The van der Waals surface area contributed by atoms with Gasteiger partial charge in [0, 0.05) is 0 Å². The van der Waals surface area contributed by atoms with E-state index in [0.29, 0.717) is 0 Å². The lowest BCUT2D eigenvalue weighted by atomic mass is 10.4. The van der Waals surface area contributed by atoms with Crippen LogP contribution in [-0.2, 0) is 0 Å². The normalized spacial score (nSPS) is 11.0. The highest BCUT2D eigenvalue weighted by Crippen LogP contribution is 2.24. The molecule has 2 rings (SSSR count).